The molecule has 0 atom stereocenters. The van der Waals surface area contributed by atoms with Crippen LogP contribution in [0.25, 0.3) is 20.8 Å². The highest BCUT2D eigenvalue weighted by Crippen LogP contribution is 2.36. The lowest BCUT2D eigenvalue weighted by molar-refractivity contribution is 0.102. The molecule has 0 fully saturated rings. The van der Waals surface area contributed by atoms with Gasteiger partial charge in [0.1, 0.15) is 10.8 Å². The van der Waals surface area contributed by atoms with E-state index >= 15 is 0 Å². The van der Waals surface area contributed by atoms with E-state index in [2.05, 4.69) is 10.3 Å². The number of thiazole rings is 1. The highest BCUT2D eigenvalue weighted by Gasteiger charge is 2.13. The molecule has 1 aromatic heterocycles. The van der Waals surface area contributed by atoms with Gasteiger partial charge in [0.15, 0.2) is 0 Å². The van der Waals surface area contributed by atoms with Gasteiger partial charge in [0, 0.05) is 17.3 Å². The molecule has 0 aliphatic rings. The summed E-state index contributed by atoms with van der Waals surface area (Å²) in [6.45, 7) is 3.86. The van der Waals surface area contributed by atoms with E-state index in [1.807, 2.05) is 56.3 Å². The second kappa shape index (κ2) is 6.85. The molecule has 0 bridgehead atoms. The number of phenols is 1. The molecular weight excluding hydrogens is 356 g/mol. The van der Waals surface area contributed by atoms with Crippen molar-refractivity contribution in [3.8, 4) is 16.3 Å². The molecule has 0 aliphatic heterocycles. The fourth-order valence-corrected chi connectivity index (χ4v) is 3.96. The monoisotopic (exact) mass is 374 g/mol. The first-order valence-corrected chi connectivity index (χ1v) is 9.40. The van der Waals surface area contributed by atoms with Crippen LogP contribution >= 0.6 is 11.3 Å². The molecule has 4 aromatic rings. The zero-order chi connectivity index (χ0) is 19.0. The molecule has 0 saturated heterocycles. The fraction of sp³-hybridized carbons (Fsp3) is 0.0909. The number of hydrogen-bond acceptors (Lipinski definition) is 4. The highest BCUT2D eigenvalue weighted by molar-refractivity contribution is 7.21. The summed E-state index contributed by atoms with van der Waals surface area (Å²) in [5, 5.41) is 14.1. The number of aromatic hydroxyl groups is 1. The second-order valence-electron chi connectivity index (χ2n) is 6.49. The molecule has 0 aliphatic carbocycles. The van der Waals surface area contributed by atoms with Crippen molar-refractivity contribution in [1.82, 2.24) is 4.98 Å². The average molecular weight is 374 g/mol. The highest BCUT2D eigenvalue weighted by atomic mass is 32.1. The SMILES string of the molecule is Cc1ccc(C)c(C(=O)Nc2ccc(-c3nc4ccccc4s3)c(O)c2)c1. The van der Waals surface area contributed by atoms with Crippen molar-refractivity contribution in [3.05, 3.63) is 77.4 Å². The van der Waals surface area contributed by atoms with Crippen molar-refractivity contribution >= 4 is 33.1 Å². The summed E-state index contributed by atoms with van der Waals surface area (Å²) in [5.74, 6) is -0.101. The normalized spacial score (nSPS) is 10.9. The number of aryl methyl sites for hydroxylation is 2. The lowest BCUT2D eigenvalue weighted by Crippen LogP contribution is -2.13. The third kappa shape index (κ3) is 3.41. The number of carbonyl (C=O) groups is 1. The Balaban J connectivity index is 1.61. The van der Waals surface area contributed by atoms with Crippen molar-refractivity contribution in [2.75, 3.05) is 5.32 Å². The number of nitrogens with zero attached hydrogens (tertiary/aromatic N) is 1. The topological polar surface area (TPSA) is 62.2 Å². The zero-order valence-corrected chi connectivity index (χ0v) is 15.8. The van der Waals surface area contributed by atoms with Crippen LogP contribution in [0, 0.1) is 13.8 Å². The van der Waals surface area contributed by atoms with Gasteiger partial charge in [-0.3, -0.25) is 4.79 Å². The maximum Gasteiger partial charge on any atom is 0.255 e. The first-order chi connectivity index (χ1) is 13.0. The Bertz CT molecular complexity index is 1130. The van der Waals surface area contributed by atoms with Gasteiger partial charge in [-0.2, -0.15) is 0 Å². The molecule has 4 rings (SSSR count). The van der Waals surface area contributed by atoms with Gasteiger partial charge < -0.3 is 10.4 Å². The largest absolute Gasteiger partial charge is 0.507 e. The number of phenolic OH excluding ortho intramolecular Hbond substituents is 1. The van der Waals surface area contributed by atoms with Gasteiger partial charge in [-0.1, -0.05) is 29.8 Å². The van der Waals surface area contributed by atoms with Crippen LogP contribution < -0.4 is 5.32 Å². The number of fused-ring (bicyclic) bond motifs is 1. The standard InChI is InChI=1S/C22H18N2O2S/c1-13-7-8-14(2)17(11-13)21(26)23-15-9-10-16(19(25)12-15)22-24-18-5-3-4-6-20(18)27-22/h3-12,25H,1-2H3,(H,23,26). The predicted molar refractivity (Wildman–Crippen MR) is 111 cm³/mol. The van der Waals surface area contributed by atoms with Gasteiger partial charge in [0.2, 0.25) is 0 Å². The summed E-state index contributed by atoms with van der Waals surface area (Å²) in [4.78, 5) is 17.1. The Morgan fingerprint density at radius 3 is 2.63 bits per heavy atom. The van der Waals surface area contributed by atoms with Crippen LogP contribution in [0.1, 0.15) is 21.5 Å². The zero-order valence-electron chi connectivity index (χ0n) is 15.0. The molecule has 0 radical (unpaired) electrons. The van der Waals surface area contributed by atoms with Crippen LogP contribution in [0.2, 0.25) is 0 Å². The summed E-state index contributed by atoms with van der Waals surface area (Å²) in [6.07, 6.45) is 0. The van der Waals surface area contributed by atoms with Crippen LogP contribution in [0.4, 0.5) is 5.69 Å². The van der Waals surface area contributed by atoms with Gasteiger partial charge in [-0.05, 0) is 49.7 Å². The third-order valence-electron chi connectivity index (χ3n) is 4.42. The number of amides is 1. The van der Waals surface area contributed by atoms with E-state index in [1.165, 1.54) is 11.3 Å². The number of nitrogens with one attached hydrogen (secondary N) is 1. The number of aromatic nitrogens is 1. The first-order valence-electron chi connectivity index (χ1n) is 8.59. The summed E-state index contributed by atoms with van der Waals surface area (Å²) < 4.78 is 1.07. The minimum absolute atomic E-state index is 0.0906. The van der Waals surface area contributed by atoms with E-state index in [9.17, 15) is 9.90 Å². The van der Waals surface area contributed by atoms with Crippen LogP contribution in [0.3, 0.4) is 0 Å². The van der Waals surface area contributed by atoms with Gasteiger partial charge in [-0.15, -0.1) is 11.3 Å². The summed E-state index contributed by atoms with van der Waals surface area (Å²) in [6, 6.07) is 18.8. The van der Waals surface area contributed by atoms with Gasteiger partial charge in [0.25, 0.3) is 5.91 Å². The summed E-state index contributed by atoms with van der Waals surface area (Å²) in [7, 11) is 0. The van der Waals surface area contributed by atoms with E-state index in [4.69, 9.17) is 0 Å². The molecule has 1 amide bonds. The fourth-order valence-electron chi connectivity index (χ4n) is 2.96. The number of carbonyl (C=O) groups excluding carboxylic acids is 1. The predicted octanol–water partition coefficient (Wildman–Crippen LogP) is 5.54. The summed E-state index contributed by atoms with van der Waals surface area (Å²) >= 11 is 1.53. The molecule has 3 aromatic carbocycles. The lowest BCUT2D eigenvalue weighted by atomic mass is 10.0. The van der Waals surface area contributed by atoms with Crippen molar-refractivity contribution < 1.29 is 9.90 Å². The molecule has 0 saturated carbocycles. The molecule has 1 heterocycles. The van der Waals surface area contributed by atoms with E-state index in [1.54, 1.807) is 18.2 Å². The Morgan fingerprint density at radius 1 is 1.04 bits per heavy atom. The number of anilines is 1. The minimum atomic E-state index is -0.191. The minimum Gasteiger partial charge on any atom is -0.507 e. The Hall–Kier alpha value is -3.18. The van der Waals surface area contributed by atoms with Crippen LogP contribution in [-0.2, 0) is 0 Å². The Labute approximate surface area is 161 Å². The maximum atomic E-state index is 12.6. The number of hydrogen-bond donors (Lipinski definition) is 2. The molecule has 0 unspecified atom stereocenters. The van der Waals surface area contributed by atoms with Gasteiger partial charge in [-0.25, -0.2) is 4.98 Å². The first kappa shape index (κ1) is 17.2. The molecule has 0 spiro atoms. The van der Waals surface area contributed by atoms with E-state index < -0.39 is 0 Å². The average Bonchev–Trinajstić information content (AvgIpc) is 3.07. The van der Waals surface area contributed by atoms with Crippen molar-refractivity contribution in [1.29, 1.82) is 0 Å². The van der Waals surface area contributed by atoms with Crippen molar-refractivity contribution in [2.45, 2.75) is 13.8 Å². The van der Waals surface area contributed by atoms with Gasteiger partial charge in [0.05, 0.1) is 15.8 Å². The summed E-state index contributed by atoms with van der Waals surface area (Å²) in [5.41, 5.74) is 4.67. The lowest BCUT2D eigenvalue weighted by Gasteiger charge is -2.10. The molecule has 134 valence electrons. The van der Waals surface area contributed by atoms with E-state index in [0.717, 1.165) is 26.4 Å². The number of benzene rings is 3. The molecule has 27 heavy (non-hydrogen) atoms. The smallest absolute Gasteiger partial charge is 0.255 e. The number of para-hydroxylation sites is 1. The molecule has 4 nitrogen and oxygen atoms in total. The maximum absolute atomic E-state index is 12.6. The van der Waals surface area contributed by atoms with E-state index in [-0.39, 0.29) is 11.7 Å². The van der Waals surface area contributed by atoms with Crippen molar-refractivity contribution in [2.24, 2.45) is 0 Å². The van der Waals surface area contributed by atoms with Crippen LogP contribution in [0.5, 0.6) is 5.75 Å². The molecular formula is C22H18N2O2S. The third-order valence-corrected chi connectivity index (χ3v) is 5.49. The Morgan fingerprint density at radius 2 is 1.85 bits per heavy atom. The van der Waals surface area contributed by atoms with E-state index in [0.29, 0.717) is 16.8 Å². The molecule has 2 N–H and O–H groups in total. The second-order valence-corrected chi connectivity index (χ2v) is 7.52. The quantitative estimate of drug-likeness (QED) is 0.495. The van der Waals surface area contributed by atoms with Gasteiger partial charge >= 0.3 is 0 Å². The van der Waals surface area contributed by atoms with Crippen LogP contribution in [0.15, 0.2) is 60.7 Å². The Kier molecular flexibility index (Phi) is 4.38. The number of rotatable bonds is 3. The molecule has 5 heteroatoms. The van der Waals surface area contributed by atoms with Crippen molar-refractivity contribution in [3.63, 3.8) is 0 Å². The van der Waals surface area contributed by atoms with Crippen LogP contribution in [-0.4, -0.2) is 16.0 Å².